The Morgan fingerprint density at radius 3 is 2.37 bits per heavy atom. The zero-order chi connectivity index (χ0) is 18.9. The molecule has 3 nitrogen and oxygen atoms in total. The van der Waals surface area contributed by atoms with Gasteiger partial charge in [0, 0.05) is 5.56 Å². The van der Waals surface area contributed by atoms with E-state index in [0.717, 1.165) is 11.1 Å². The summed E-state index contributed by atoms with van der Waals surface area (Å²) in [5, 5.41) is 9.78. The Hall–Kier alpha value is -3.59. The fraction of sp³-hybridized carbons (Fsp3) is 0.0417. The summed E-state index contributed by atoms with van der Waals surface area (Å²) in [6, 6.07) is 24.0. The van der Waals surface area contributed by atoms with Crippen molar-refractivity contribution in [3.8, 4) is 11.5 Å². The fourth-order valence-electron chi connectivity index (χ4n) is 2.57. The van der Waals surface area contributed by atoms with Crippen molar-refractivity contribution in [2.45, 2.75) is 0 Å². The Morgan fingerprint density at radius 1 is 0.852 bits per heavy atom. The molecule has 0 amide bonds. The number of para-hydroxylation sites is 2. The highest BCUT2D eigenvalue weighted by Gasteiger charge is 2.07. The van der Waals surface area contributed by atoms with Crippen molar-refractivity contribution in [2.75, 3.05) is 6.61 Å². The van der Waals surface area contributed by atoms with E-state index in [1.165, 1.54) is 12.1 Å². The van der Waals surface area contributed by atoms with Crippen LogP contribution >= 0.6 is 0 Å². The molecular weight excluding hydrogens is 336 g/mol. The summed E-state index contributed by atoms with van der Waals surface area (Å²) >= 11 is 0. The van der Waals surface area contributed by atoms with Crippen LogP contribution in [0.2, 0.25) is 0 Å². The van der Waals surface area contributed by atoms with Crippen molar-refractivity contribution >= 4 is 17.9 Å². The lowest BCUT2D eigenvalue weighted by molar-refractivity contribution is 0.104. The molecule has 134 valence electrons. The predicted octanol–water partition coefficient (Wildman–Crippen LogP) is 5.38. The van der Waals surface area contributed by atoms with Crippen LogP contribution in [0.15, 0.2) is 91.0 Å². The van der Waals surface area contributed by atoms with Gasteiger partial charge < -0.3 is 9.84 Å². The van der Waals surface area contributed by atoms with Crippen LogP contribution < -0.4 is 4.74 Å². The highest BCUT2D eigenvalue weighted by atomic mass is 16.5. The first-order valence-corrected chi connectivity index (χ1v) is 8.68. The summed E-state index contributed by atoms with van der Waals surface area (Å²) < 4.78 is 5.82. The Kier molecular flexibility index (Phi) is 6.21. The van der Waals surface area contributed by atoms with E-state index in [1.54, 1.807) is 24.3 Å². The third-order valence-electron chi connectivity index (χ3n) is 3.95. The van der Waals surface area contributed by atoms with Crippen molar-refractivity contribution in [1.82, 2.24) is 0 Å². The van der Waals surface area contributed by atoms with E-state index >= 15 is 0 Å². The lowest BCUT2D eigenvalue weighted by Gasteiger charge is -2.07. The minimum Gasteiger partial charge on any atom is -0.507 e. The average molecular weight is 356 g/mol. The number of phenolic OH excluding ortho intramolecular Hbond substituents is 1. The van der Waals surface area contributed by atoms with E-state index in [4.69, 9.17) is 4.74 Å². The first kappa shape index (κ1) is 18.2. The highest BCUT2D eigenvalue weighted by Crippen LogP contribution is 2.21. The van der Waals surface area contributed by atoms with Crippen LogP contribution in [0.4, 0.5) is 0 Å². The van der Waals surface area contributed by atoms with Gasteiger partial charge in [-0.2, -0.15) is 0 Å². The highest BCUT2D eigenvalue weighted by molar-refractivity contribution is 6.08. The molecule has 3 aromatic rings. The number of aromatic hydroxyl groups is 1. The molecule has 0 aromatic heterocycles. The summed E-state index contributed by atoms with van der Waals surface area (Å²) in [7, 11) is 0. The van der Waals surface area contributed by atoms with Crippen molar-refractivity contribution < 1.29 is 14.6 Å². The van der Waals surface area contributed by atoms with E-state index in [9.17, 15) is 9.90 Å². The van der Waals surface area contributed by atoms with Gasteiger partial charge in [-0.3, -0.25) is 4.79 Å². The van der Waals surface area contributed by atoms with E-state index in [0.29, 0.717) is 12.4 Å². The normalized spacial score (nSPS) is 11.1. The summed E-state index contributed by atoms with van der Waals surface area (Å²) in [4.78, 5) is 12.3. The second-order valence-electron chi connectivity index (χ2n) is 5.88. The van der Waals surface area contributed by atoms with Crippen LogP contribution in [-0.4, -0.2) is 17.5 Å². The van der Waals surface area contributed by atoms with Crippen LogP contribution in [0.1, 0.15) is 21.5 Å². The molecule has 3 rings (SSSR count). The standard InChI is InChI=1S/C24H20O3/c25-22-14-6-5-13-21(22)23(26)17-16-20-12-4-7-15-24(20)27-18-8-11-19-9-2-1-3-10-19/h1-17,25H,18H2/b11-8+,17-16+. The first-order valence-electron chi connectivity index (χ1n) is 8.68. The van der Waals surface area contributed by atoms with Crippen molar-refractivity contribution in [3.63, 3.8) is 0 Å². The lowest BCUT2D eigenvalue weighted by Crippen LogP contribution is -1.96. The number of allylic oxidation sites excluding steroid dienone is 1. The topological polar surface area (TPSA) is 46.5 Å². The third-order valence-corrected chi connectivity index (χ3v) is 3.95. The molecule has 0 heterocycles. The quantitative estimate of drug-likeness (QED) is 0.457. The minimum atomic E-state index is -0.258. The van der Waals surface area contributed by atoms with Gasteiger partial charge in [-0.15, -0.1) is 0 Å². The smallest absolute Gasteiger partial charge is 0.189 e. The molecule has 3 aromatic carbocycles. The molecule has 0 saturated carbocycles. The van der Waals surface area contributed by atoms with Crippen LogP contribution in [0.25, 0.3) is 12.2 Å². The molecule has 0 unspecified atom stereocenters. The van der Waals surface area contributed by atoms with Crippen LogP contribution in [-0.2, 0) is 0 Å². The monoisotopic (exact) mass is 356 g/mol. The molecule has 3 heteroatoms. The Balaban J connectivity index is 1.66. The molecule has 0 radical (unpaired) electrons. The largest absolute Gasteiger partial charge is 0.507 e. The number of carbonyl (C=O) groups excluding carboxylic acids is 1. The average Bonchev–Trinajstić information content (AvgIpc) is 2.71. The maximum absolute atomic E-state index is 12.3. The van der Waals surface area contributed by atoms with E-state index in [1.807, 2.05) is 66.7 Å². The molecule has 0 aliphatic heterocycles. The molecule has 0 atom stereocenters. The van der Waals surface area contributed by atoms with E-state index in [-0.39, 0.29) is 17.1 Å². The molecule has 0 aliphatic carbocycles. The molecule has 1 N–H and O–H groups in total. The number of hydrogen-bond donors (Lipinski definition) is 1. The van der Waals surface area contributed by atoms with Crippen LogP contribution in [0.3, 0.4) is 0 Å². The summed E-state index contributed by atoms with van der Waals surface area (Å²) in [5.74, 6) is 0.408. The number of carbonyl (C=O) groups is 1. The first-order chi connectivity index (χ1) is 13.2. The number of rotatable bonds is 7. The number of phenols is 1. The minimum absolute atomic E-state index is 0.0252. The third kappa shape index (κ3) is 5.19. The molecule has 0 saturated heterocycles. The maximum atomic E-state index is 12.3. The molecule has 0 aliphatic rings. The maximum Gasteiger partial charge on any atom is 0.189 e. The van der Waals surface area contributed by atoms with Crippen molar-refractivity contribution in [2.24, 2.45) is 0 Å². The van der Waals surface area contributed by atoms with Gasteiger partial charge in [0.2, 0.25) is 0 Å². The zero-order valence-electron chi connectivity index (χ0n) is 14.8. The van der Waals surface area contributed by atoms with Gasteiger partial charge in [-0.05, 0) is 42.0 Å². The van der Waals surface area contributed by atoms with Gasteiger partial charge in [0.15, 0.2) is 5.78 Å². The van der Waals surface area contributed by atoms with Gasteiger partial charge in [0.05, 0.1) is 5.56 Å². The van der Waals surface area contributed by atoms with Crippen LogP contribution in [0, 0.1) is 0 Å². The number of ether oxygens (including phenoxy) is 1. The number of ketones is 1. The molecule has 0 bridgehead atoms. The Bertz CT molecular complexity index is 956. The number of benzene rings is 3. The SMILES string of the molecule is O=C(/C=C/c1ccccc1OC/C=C/c1ccccc1)c1ccccc1O. The zero-order valence-corrected chi connectivity index (χ0v) is 14.8. The van der Waals surface area contributed by atoms with Gasteiger partial charge in [0.1, 0.15) is 18.1 Å². The molecular formula is C24H20O3. The summed E-state index contributed by atoms with van der Waals surface area (Å²) in [6.45, 7) is 0.424. The van der Waals surface area contributed by atoms with E-state index < -0.39 is 0 Å². The van der Waals surface area contributed by atoms with Crippen molar-refractivity contribution in [1.29, 1.82) is 0 Å². The second kappa shape index (κ2) is 9.20. The van der Waals surface area contributed by atoms with E-state index in [2.05, 4.69) is 0 Å². The van der Waals surface area contributed by atoms with Gasteiger partial charge >= 0.3 is 0 Å². The molecule has 0 fully saturated rings. The predicted molar refractivity (Wildman–Crippen MR) is 109 cm³/mol. The van der Waals surface area contributed by atoms with Gasteiger partial charge in [-0.25, -0.2) is 0 Å². The molecule has 0 spiro atoms. The Morgan fingerprint density at radius 2 is 1.56 bits per heavy atom. The second-order valence-corrected chi connectivity index (χ2v) is 5.88. The van der Waals surface area contributed by atoms with Gasteiger partial charge in [0.25, 0.3) is 0 Å². The molecule has 27 heavy (non-hydrogen) atoms. The van der Waals surface area contributed by atoms with Gasteiger partial charge in [-0.1, -0.05) is 66.7 Å². The summed E-state index contributed by atoms with van der Waals surface area (Å²) in [6.07, 6.45) is 7.09. The van der Waals surface area contributed by atoms with Crippen LogP contribution in [0.5, 0.6) is 11.5 Å². The van der Waals surface area contributed by atoms with Crippen molar-refractivity contribution in [3.05, 3.63) is 108 Å². The fourth-order valence-corrected chi connectivity index (χ4v) is 2.57. The number of hydrogen-bond acceptors (Lipinski definition) is 3. The lowest BCUT2D eigenvalue weighted by atomic mass is 10.1. The Labute approximate surface area is 158 Å². The summed E-state index contributed by atoms with van der Waals surface area (Å²) in [5.41, 5.74) is 2.19.